The highest BCUT2D eigenvalue weighted by Gasteiger charge is 2.15. The van der Waals surface area contributed by atoms with Crippen LogP contribution in [-0.2, 0) is 4.79 Å². The summed E-state index contributed by atoms with van der Waals surface area (Å²) in [7, 11) is 0. The van der Waals surface area contributed by atoms with Crippen LogP contribution in [0.15, 0.2) is 18.3 Å². The number of pyridine rings is 1. The van der Waals surface area contributed by atoms with Gasteiger partial charge in [0.25, 0.3) is 0 Å². The SMILES string of the molecule is Cc1ncccc1NC(=O)CCC1CCCN1. The molecular formula is C13H19N3O. The van der Waals surface area contributed by atoms with Crippen molar-refractivity contribution in [2.45, 2.75) is 38.6 Å². The van der Waals surface area contributed by atoms with Crippen LogP contribution in [0.5, 0.6) is 0 Å². The molecule has 0 aromatic carbocycles. The van der Waals surface area contributed by atoms with Crippen LogP contribution in [0.2, 0.25) is 0 Å². The number of carbonyl (C=O) groups excluding carboxylic acids is 1. The van der Waals surface area contributed by atoms with E-state index in [1.54, 1.807) is 6.20 Å². The first-order valence-corrected chi connectivity index (χ1v) is 6.20. The van der Waals surface area contributed by atoms with Gasteiger partial charge in [0.2, 0.25) is 5.91 Å². The van der Waals surface area contributed by atoms with Gasteiger partial charge >= 0.3 is 0 Å². The summed E-state index contributed by atoms with van der Waals surface area (Å²) < 4.78 is 0. The molecule has 1 unspecified atom stereocenters. The van der Waals surface area contributed by atoms with E-state index in [0.717, 1.165) is 24.3 Å². The molecule has 2 heterocycles. The summed E-state index contributed by atoms with van der Waals surface area (Å²) in [5, 5.41) is 6.30. The first-order valence-electron chi connectivity index (χ1n) is 6.20. The van der Waals surface area contributed by atoms with Gasteiger partial charge in [0, 0.05) is 18.7 Å². The summed E-state index contributed by atoms with van der Waals surface area (Å²) in [5.41, 5.74) is 1.68. The number of rotatable bonds is 4. The Hall–Kier alpha value is -1.42. The summed E-state index contributed by atoms with van der Waals surface area (Å²) in [4.78, 5) is 15.9. The number of carbonyl (C=O) groups is 1. The van der Waals surface area contributed by atoms with Crippen molar-refractivity contribution in [2.24, 2.45) is 0 Å². The minimum Gasteiger partial charge on any atom is -0.325 e. The molecule has 2 rings (SSSR count). The average molecular weight is 233 g/mol. The maximum absolute atomic E-state index is 11.8. The molecule has 92 valence electrons. The van der Waals surface area contributed by atoms with Crippen LogP contribution in [0.3, 0.4) is 0 Å². The lowest BCUT2D eigenvalue weighted by atomic mass is 10.1. The van der Waals surface area contributed by atoms with Crippen molar-refractivity contribution in [3.8, 4) is 0 Å². The molecule has 2 N–H and O–H groups in total. The highest BCUT2D eigenvalue weighted by atomic mass is 16.1. The molecule has 0 aliphatic carbocycles. The largest absolute Gasteiger partial charge is 0.325 e. The van der Waals surface area contributed by atoms with Gasteiger partial charge in [-0.05, 0) is 44.9 Å². The van der Waals surface area contributed by atoms with Gasteiger partial charge in [-0.1, -0.05) is 0 Å². The summed E-state index contributed by atoms with van der Waals surface area (Å²) in [6.07, 6.45) is 5.65. The third-order valence-corrected chi connectivity index (χ3v) is 3.16. The Bertz CT molecular complexity index is 386. The first-order chi connectivity index (χ1) is 8.25. The number of nitrogens with one attached hydrogen (secondary N) is 2. The fourth-order valence-electron chi connectivity index (χ4n) is 2.14. The molecule has 17 heavy (non-hydrogen) atoms. The molecular weight excluding hydrogens is 214 g/mol. The third kappa shape index (κ3) is 3.53. The van der Waals surface area contributed by atoms with Crippen LogP contribution < -0.4 is 10.6 Å². The molecule has 0 saturated carbocycles. The normalized spacial score (nSPS) is 19.2. The summed E-state index contributed by atoms with van der Waals surface area (Å²) in [6, 6.07) is 4.24. The topological polar surface area (TPSA) is 54.0 Å². The number of aryl methyl sites for hydroxylation is 1. The Kier molecular flexibility index (Phi) is 4.09. The minimum atomic E-state index is 0.0785. The second-order valence-corrected chi connectivity index (χ2v) is 4.52. The molecule has 1 amide bonds. The van der Waals surface area contributed by atoms with E-state index in [2.05, 4.69) is 15.6 Å². The summed E-state index contributed by atoms with van der Waals surface area (Å²) >= 11 is 0. The number of amides is 1. The Labute approximate surface area is 102 Å². The van der Waals surface area contributed by atoms with E-state index in [4.69, 9.17) is 0 Å². The van der Waals surface area contributed by atoms with Crippen LogP contribution in [0, 0.1) is 6.92 Å². The molecule has 4 heteroatoms. The number of anilines is 1. The second-order valence-electron chi connectivity index (χ2n) is 4.52. The maximum Gasteiger partial charge on any atom is 0.224 e. The van der Waals surface area contributed by atoms with E-state index in [1.165, 1.54) is 12.8 Å². The van der Waals surface area contributed by atoms with Gasteiger partial charge in [0.15, 0.2) is 0 Å². The van der Waals surface area contributed by atoms with Gasteiger partial charge < -0.3 is 10.6 Å². The zero-order chi connectivity index (χ0) is 12.1. The molecule has 1 aromatic heterocycles. The second kappa shape index (κ2) is 5.77. The maximum atomic E-state index is 11.8. The molecule has 1 aromatic rings. The predicted molar refractivity (Wildman–Crippen MR) is 67.9 cm³/mol. The Balaban J connectivity index is 1.79. The predicted octanol–water partition coefficient (Wildman–Crippen LogP) is 1.86. The van der Waals surface area contributed by atoms with Crippen LogP contribution >= 0.6 is 0 Å². The highest BCUT2D eigenvalue weighted by molar-refractivity contribution is 5.91. The van der Waals surface area contributed by atoms with Crippen molar-refractivity contribution in [1.82, 2.24) is 10.3 Å². The van der Waals surface area contributed by atoms with Crippen molar-refractivity contribution < 1.29 is 4.79 Å². The molecule has 0 spiro atoms. The van der Waals surface area contributed by atoms with Gasteiger partial charge in [0.1, 0.15) is 0 Å². The lowest BCUT2D eigenvalue weighted by Gasteiger charge is -2.10. The monoisotopic (exact) mass is 233 g/mol. The van der Waals surface area contributed by atoms with Crippen LogP contribution in [0.1, 0.15) is 31.4 Å². The lowest BCUT2D eigenvalue weighted by molar-refractivity contribution is -0.116. The van der Waals surface area contributed by atoms with Crippen molar-refractivity contribution in [3.63, 3.8) is 0 Å². The quantitative estimate of drug-likeness (QED) is 0.834. The van der Waals surface area contributed by atoms with Gasteiger partial charge in [-0.25, -0.2) is 0 Å². The van der Waals surface area contributed by atoms with Gasteiger partial charge in [-0.2, -0.15) is 0 Å². The van der Waals surface area contributed by atoms with Crippen LogP contribution in [0.4, 0.5) is 5.69 Å². The molecule has 1 aliphatic heterocycles. The number of aromatic nitrogens is 1. The van der Waals surface area contributed by atoms with E-state index in [1.807, 2.05) is 19.1 Å². The highest BCUT2D eigenvalue weighted by Crippen LogP contribution is 2.13. The standard InChI is InChI=1S/C13H19N3O/c1-10-12(5-3-8-14-10)16-13(17)7-6-11-4-2-9-15-11/h3,5,8,11,15H,2,4,6-7,9H2,1H3,(H,16,17). The molecule has 0 radical (unpaired) electrons. The van der Waals surface area contributed by atoms with Crippen LogP contribution in [-0.4, -0.2) is 23.5 Å². The average Bonchev–Trinajstić information content (AvgIpc) is 2.82. The van der Waals surface area contributed by atoms with Crippen molar-refractivity contribution >= 4 is 11.6 Å². The molecule has 1 fully saturated rings. The van der Waals surface area contributed by atoms with Gasteiger partial charge in [0.05, 0.1) is 11.4 Å². The van der Waals surface area contributed by atoms with Gasteiger partial charge in [-0.15, -0.1) is 0 Å². The smallest absolute Gasteiger partial charge is 0.224 e. The molecule has 1 saturated heterocycles. The Morgan fingerprint density at radius 2 is 2.53 bits per heavy atom. The van der Waals surface area contributed by atoms with E-state index in [0.29, 0.717) is 12.5 Å². The number of nitrogens with zero attached hydrogens (tertiary/aromatic N) is 1. The lowest BCUT2D eigenvalue weighted by Crippen LogP contribution is -2.23. The zero-order valence-corrected chi connectivity index (χ0v) is 10.2. The van der Waals surface area contributed by atoms with Gasteiger partial charge in [-0.3, -0.25) is 9.78 Å². The fourth-order valence-corrected chi connectivity index (χ4v) is 2.14. The van der Waals surface area contributed by atoms with E-state index in [-0.39, 0.29) is 5.91 Å². The Morgan fingerprint density at radius 1 is 1.65 bits per heavy atom. The minimum absolute atomic E-state index is 0.0785. The fraction of sp³-hybridized carbons (Fsp3) is 0.538. The van der Waals surface area contributed by atoms with Crippen LogP contribution in [0.25, 0.3) is 0 Å². The zero-order valence-electron chi connectivity index (χ0n) is 10.2. The van der Waals surface area contributed by atoms with Crippen molar-refractivity contribution in [2.75, 3.05) is 11.9 Å². The van der Waals surface area contributed by atoms with E-state index in [9.17, 15) is 4.79 Å². The summed E-state index contributed by atoms with van der Waals surface area (Å²) in [6.45, 7) is 2.99. The third-order valence-electron chi connectivity index (χ3n) is 3.16. The van der Waals surface area contributed by atoms with Crippen molar-refractivity contribution in [3.05, 3.63) is 24.0 Å². The van der Waals surface area contributed by atoms with E-state index < -0.39 is 0 Å². The molecule has 4 nitrogen and oxygen atoms in total. The molecule has 1 atom stereocenters. The molecule has 0 bridgehead atoms. The first kappa shape index (κ1) is 12.0. The Morgan fingerprint density at radius 3 is 3.24 bits per heavy atom. The number of hydrogen-bond acceptors (Lipinski definition) is 3. The summed E-state index contributed by atoms with van der Waals surface area (Å²) in [5.74, 6) is 0.0785. The number of hydrogen-bond donors (Lipinski definition) is 2. The van der Waals surface area contributed by atoms with E-state index >= 15 is 0 Å². The molecule has 1 aliphatic rings. The van der Waals surface area contributed by atoms with Crippen molar-refractivity contribution in [1.29, 1.82) is 0 Å².